The molecule has 3 saturated carbocycles. The lowest BCUT2D eigenvalue weighted by Gasteiger charge is -2.63. The molecular formula is C33H50O8. The van der Waals surface area contributed by atoms with Crippen LogP contribution in [0, 0.1) is 28.6 Å². The fourth-order valence-electron chi connectivity index (χ4n) is 9.37. The summed E-state index contributed by atoms with van der Waals surface area (Å²) in [5.41, 5.74) is -0.220. The number of rotatable bonds is 6. The Morgan fingerprint density at radius 2 is 1.85 bits per heavy atom. The number of ether oxygens (including phenoxy) is 4. The third-order valence-corrected chi connectivity index (χ3v) is 12.1. The monoisotopic (exact) mass is 574 g/mol. The summed E-state index contributed by atoms with van der Waals surface area (Å²) >= 11 is 0. The van der Waals surface area contributed by atoms with Crippen molar-refractivity contribution in [3.63, 3.8) is 0 Å². The second kappa shape index (κ2) is 11.2. The highest BCUT2D eigenvalue weighted by molar-refractivity contribution is 5.88. The van der Waals surface area contributed by atoms with Crippen LogP contribution in [0.2, 0.25) is 0 Å². The molecule has 1 saturated heterocycles. The molecule has 12 unspecified atom stereocenters. The normalized spacial score (nSPS) is 48.0. The molecule has 0 aromatic carbocycles. The van der Waals surface area contributed by atoms with Crippen molar-refractivity contribution in [2.45, 2.75) is 135 Å². The van der Waals surface area contributed by atoms with Gasteiger partial charge in [0.15, 0.2) is 6.29 Å². The Morgan fingerprint density at radius 3 is 2.51 bits per heavy atom. The molecule has 0 bridgehead atoms. The van der Waals surface area contributed by atoms with E-state index >= 15 is 0 Å². The van der Waals surface area contributed by atoms with Crippen LogP contribution in [0.4, 0.5) is 0 Å². The van der Waals surface area contributed by atoms with E-state index in [4.69, 9.17) is 18.9 Å². The lowest BCUT2D eigenvalue weighted by molar-refractivity contribution is -0.267. The molecule has 41 heavy (non-hydrogen) atoms. The van der Waals surface area contributed by atoms with E-state index in [0.29, 0.717) is 31.3 Å². The highest BCUT2D eigenvalue weighted by Crippen LogP contribution is 2.68. The molecule has 0 aromatic heterocycles. The summed E-state index contributed by atoms with van der Waals surface area (Å²) in [5, 5.41) is 22.9. The van der Waals surface area contributed by atoms with Crippen LogP contribution in [0.25, 0.3) is 0 Å². The summed E-state index contributed by atoms with van der Waals surface area (Å²) in [6, 6.07) is 0. The number of carbonyl (C=O) groups is 2. The molecular weight excluding hydrogens is 524 g/mol. The van der Waals surface area contributed by atoms with Gasteiger partial charge >= 0.3 is 5.97 Å². The van der Waals surface area contributed by atoms with Crippen molar-refractivity contribution < 1.29 is 38.7 Å². The fraction of sp³-hybridized carbons (Fsp3) is 0.818. The second-order valence-electron chi connectivity index (χ2n) is 13.9. The first-order valence-corrected chi connectivity index (χ1v) is 15.6. The molecule has 1 aliphatic heterocycles. The number of ketones is 1. The molecule has 0 aromatic rings. The standard InChI is InChI=1S/C33H50O8/c1-8-18(2)30(36)41-27-16-25-24(33(37)14-12-23(19(3)34)32(27,33)6)10-9-21-15-22(11-13-31(21,25)5)40-28-17-26(38-7)29(35)20(4)39-28/h8-9,20,22-29,35,37H,10-17H2,1-7H3. The van der Waals surface area contributed by atoms with Crippen LogP contribution in [0.1, 0.15) is 92.9 Å². The van der Waals surface area contributed by atoms with Gasteiger partial charge in [0.2, 0.25) is 0 Å². The average molecular weight is 575 g/mol. The number of hydrogen-bond donors (Lipinski definition) is 2. The molecule has 0 amide bonds. The number of aliphatic hydroxyl groups excluding tert-OH is 1. The minimum Gasteiger partial charge on any atom is -0.458 e. The minimum atomic E-state index is -1.10. The van der Waals surface area contributed by atoms with Crippen LogP contribution in [0.3, 0.4) is 0 Å². The number of hydrogen-bond acceptors (Lipinski definition) is 8. The van der Waals surface area contributed by atoms with Crippen molar-refractivity contribution in [2.24, 2.45) is 28.6 Å². The zero-order valence-corrected chi connectivity index (χ0v) is 25.9. The first-order valence-electron chi connectivity index (χ1n) is 15.6. The van der Waals surface area contributed by atoms with Crippen LogP contribution in [0.5, 0.6) is 0 Å². The molecule has 5 rings (SSSR count). The molecule has 5 aliphatic rings. The van der Waals surface area contributed by atoms with Crippen LogP contribution >= 0.6 is 0 Å². The maximum absolute atomic E-state index is 13.1. The van der Waals surface area contributed by atoms with E-state index in [1.807, 2.05) is 20.8 Å². The lowest BCUT2D eigenvalue weighted by Crippen LogP contribution is -2.66. The minimum absolute atomic E-state index is 0.00712. The van der Waals surface area contributed by atoms with Gasteiger partial charge in [-0.05, 0) is 89.9 Å². The Hall–Kier alpha value is -1.58. The highest BCUT2D eigenvalue weighted by Gasteiger charge is 2.71. The Kier molecular flexibility index (Phi) is 8.40. The number of esters is 1. The van der Waals surface area contributed by atoms with E-state index in [1.165, 1.54) is 5.57 Å². The predicted molar refractivity (Wildman–Crippen MR) is 153 cm³/mol. The van der Waals surface area contributed by atoms with E-state index in [-0.39, 0.29) is 53.2 Å². The number of fused-ring (bicyclic) bond motifs is 5. The average Bonchev–Trinajstić information content (AvgIpc) is 3.23. The zero-order valence-electron chi connectivity index (χ0n) is 25.9. The summed E-state index contributed by atoms with van der Waals surface area (Å²) in [4.78, 5) is 26.0. The molecule has 230 valence electrons. The van der Waals surface area contributed by atoms with Crippen LogP contribution < -0.4 is 0 Å². The molecule has 8 nitrogen and oxygen atoms in total. The molecule has 4 aliphatic carbocycles. The van der Waals surface area contributed by atoms with E-state index in [0.717, 1.165) is 25.7 Å². The Bertz CT molecular complexity index is 1100. The number of aliphatic hydroxyl groups is 2. The van der Waals surface area contributed by atoms with E-state index in [1.54, 1.807) is 27.0 Å². The maximum Gasteiger partial charge on any atom is 0.333 e. The molecule has 2 N–H and O–H groups in total. The van der Waals surface area contributed by atoms with Gasteiger partial charge in [0.25, 0.3) is 0 Å². The van der Waals surface area contributed by atoms with Gasteiger partial charge in [-0.1, -0.05) is 31.6 Å². The number of Topliss-reactive ketones (excluding diaryl/α,β-unsaturated/α-hetero) is 1. The Morgan fingerprint density at radius 1 is 1.12 bits per heavy atom. The highest BCUT2D eigenvalue weighted by atomic mass is 16.7. The van der Waals surface area contributed by atoms with E-state index < -0.39 is 29.5 Å². The van der Waals surface area contributed by atoms with Gasteiger partial charge in [-0.2, -0.15) is 0 Å². The first kappa shape index (κ1) is 30.9. The third-order valence-electron chi connectivity index (χ3n) is 12.1. The molecule has 12 atom stereocenters. The van der Waals surface area contributed by atoms with Gasteiger partial charge in [0.1, 0.15) is 18.0 Å². The SMILES string of the molecule is CC=C(C)C(=O)OC1CC2C(CC=C3CC(OC4CC(OC)C(O)C(C)O4)CCC32C)C2(O)CCC(C(C)=O)C12C. The maximum atomic E-state index is 13.1. The van der Waals surface area contributed by atoms with Crippen molar-refractivity contribution >= 4 is 11.8 Å². The van der Waals surface area contributed by atoms with Gasteiger partial charge in [-0.25, -0.2) is 4.79 Å². The Balaban J connectivity index is 1.40. The molecule has 0 radical (unpaired) electrons. The van der Waals surface area contributed by atoms with Crippen molar-refractivity contribution in [2.75, 3.05) is 7.11 Å². The summed E-state index contributed by atoms with van der Waals surface area (Å²) in [6.07, 6.45) is 7.25. The van der Waals surface area contributed by atoms with Crippen molar-refractivity contribution in [3.05, 3.63) is 23.3 Å². The topological polar surface area (TPSA) is 112 Å². The van der Waals surface area contributed by atoms with Gasteiger partial charge in [-0.15, -0.1) is 0 Å². The van der Waals surface area contributed by atoms with Crippen molar-refractivity contribution in [1.29, 1.82) is 0 Å². The summed E-state index contributed by atoms with van der Waals surface area (Å²) in [5.74, 6) is -0.540. The summed E-state index contributed by atoms with van der Waals surface area (Å²) < 4.78 is 24.1. The second-order valence-corrected chi connectivity index (χ2v) is 13.9. The number of allylic oxidation sites excluding steroid dienone is 2. The molecule has 8 heteroatoms. The zero-order chi connectivity index (χ0) is 29.9. The van der Waals surface area contributed by atoms with Crippen LogP contribution in [-0.2, 0) is 28.5 Å². The van der Waals surface area contributed by atoms with Gasteiger partial charge in [0.05, 0.1) is 23.9 Å². The first-order chi connectivity index (χ1) is 19.3. The summed E-state index contributed by atoms with van der Waals surface area (Å²) in [6.45, 7) is 11.3. The number of methoxy groups -OCH3 is 1. The van der Waals surface area contributed by atoms with Crippen molar-refractivity contribution in [1.82, 2.24) is 0 Å². The van der Waals surface area contributed by atoms with Gasteiger partial charge in [0, 0.05) is 30.4 Å². The van der Waals surface area contributed by atoms with Crippen LogP contribution in [-0.4, -0.2) is 71.5 Å². The van der Waals surface area contributed by atoms with Gasteiger partial charge < -0.3 is 29.2 Å². The number of carbonyl (C=O) groups excluding carboxylic acids is 2. The van der Waals surface area contributed by atoms with Crippen LogP contribution in [0.15, 0.2) is 23.3 Å². The summed E-state index contributed by atoms with van der Waals surface area (Å²) in [7, 11) is 1.61. The molecule has 4 fully saturated rings. The van der Waals surface area contributed by atoms with E-state index in [2.05, 4.69) is 13.0 Å². The van der Waals surface area contributed by atoms with E-state index in [9.17, 15) is 19.8 Å². The molecule has 0 spiro atoms. The van der Waals surface area contributed by atoms with Crippen molar-refractivity contribution in [3.8, 4) is 0 Å². The largest absolute Gasteiger partial charge is 0.458 e. The fourth-order valence-corrected chi connectivity index (χ4v) is 9.37. The Labute approximate surface area is 244 Å². The molecule has 1 heterocycles. The lowest BCUT2D eigenvalue weighted by atomic mass is 9.45. The van der Waals surface area contributed by atoms with Gasteiger partial charge in [-0.3, -0.25) is 4.79 Å². The third kappa shape index (κ3) is 4.86. The quantitative estimate of drug-likeness (QED) is 0.268. The smallest absolute Gasteiger partial charge is 0.333 e. The predicted octanol–water partition coefficient (Wildman–Crippen LogP) is 4.65.